The number of ether oxygens (including phenoxy) is 4. The lowest BCUT2D eigenvalue weighted by atomic mass is 9.84. The van der Waals surface area contributed by atoms with Crippen LogP contribution in [0.2, 0.25) is 0 Å². The van der Waals surface area contributed by atoms with Crippen molar-refractivity contribution >= 4 is 17.8 Å². The fraction of sp³-hybridized carbons (Fsp3) is 0.185. The third-order valence-electron chi connectivity index (χ3n) is 5.66. The first-order valence-electron chi connectivity index (χ1n) is 10.8. The van der Waals surface area contributed by atoms with Gasteiger partial charge in [0.2, 0.25) is 5.78 Å². The predicted octanol–water partition coefficient (Wildman–Crippen LogP) is 5.30. The first kappa shape index (κ1) is 21.6. The maximum Gasteiger partial charge on any atom is 0.312 e. The van der Waals surface area contributed by atoms with Crippen LogP contribution in [0.3, 0.4) is 0 Å². The molecule has 0 amide bonds. The van der Waals surface area contributed by atoms with Crippen LogP contribution in [0, 0.1) is 0 Å². The average molecular weight is 458 g/mol. The lowest BCUT2D eigenvalue weighted by Crippen LogP contribution is -2.22. The number of furan rings is 1. The Kier molecular flexibility index (Phi) is 5.45. The Morgan fingerprint density at radius 2 is 2.00 bits per heavy atom. The van der Waals surface area contributed by atoms with Crippen LogP contribution in [-0.2, 0) is 4.79 Å². The fourth-order valence-electron chi connectivity index (χ4n) is 4.19. The lowest BCUT2D eigenvalue weighted by molar-refractivity contribution is -0.135. The summed E-state index contributed by atoms with van der Waals surface area (Å²) in [6.45, 7) is 6.05. The summed E-state index contributed by atoms with van der Waals surface area (Å²) in [5.41, 5.74) is 2.57. The molecule has 1 aromatic heterocycles. The minimum absolute atomic E-state index is 0.0504. The highest BCUT2D eigenvalue weighted by atomic mass is 16.5. The first-order chi connectivity index (χ1) is 16.5. The molecule has 0 saturated heterocycles. The highest BCUT2D eigenvalue weighted by molar-refractivity contribution is 6.15. The van der Waals surface area contributed by atoms with Gasteiger partial charge in [-0.2, -0.15) is 0 Å². The smallest absolute Gasteiger partial charge is 0.312 e. The van der Waals surface area contributed by atoms with Crippen molar-refractivity contribution in [1.29, 1.82) is 0 Å². The predicted molar refractivity (Wildman–Crippen MR) is 123 cm³/mol. The molecule has 1 atom stereocenters. The SMILES string of the molecule is C=C(C)COc1c(OC)cccc1[C@@H]1CC(=O)Oc2ccc3c(c21)O/C(=C\c1ccco1)C3=O. The van der Waals surface area contributed by atoms with Crippen LogP contribution in [0.1, 0.15) is 46.5 Å². The molecule has 3 heterocycles. The Labute approximate surface area is 196 Å². The zero-order chi connectivity index (χ0) is 23.8. The quantitative estimate of drug-likeness (QED) is 0.214. The second-order valence-corrected chi connectivity index (χ2v) is 8.16. The molecule has 7 heteroatoms. The van der Waals surface area contributed by atoms with Crippen molar-refractivity contribution in [2.24, 2.45) is 0 Å². The van der Waals surface area contributed by atoms with Gasteiger partial charge < -0.3 is 23.4 Å². The summed E-state index contributed by atoms with van der Waals surface area (Å²) in [6, 6.07) is 12.2. The molecule has 0 aliphatic carbocycles. The number of benzene rings is 2. The van der Waals surface area contributed by atoms with E-state index in [4.69, 9.17) is 23.4 Å². The number of methoxy groups -OCH3 is 1. The number of hydrogen-bond acceptors (Lipinski definition) is 7. The standard InChI is InChI=1S/C27H22O7/c1-15(2)14-32-26-17(7-4-8-21(26)30-3)19-13-23(28)33-20-10-9-18-25(29)22(34-27(18)24(19)20)12-16-6-5-11-31-16/h4-12,19H,1,13-14H2,2-3H3/b22-12-/t19-/m0/s1. The number of rotatable bonds is 6. The first-order valence-corrected chi connectivity index (χ1v) is 10.8. The number of carbonyl (C=O) groups excluding carboxylic acids is 2. The summed E-state index contributed by atoms with van der Waals surface area (Å²) in [6.07, 6.45) is 3.12. The van der Waals surface area contributed by atoms with Crippen molar-refractivity contribution in [2.75, 3.05) is 13.7 Å². The Bertz CT molecular complexity index is 1330. The van der Waals surface area contributed by atoms with E-state index in [1.165, 1.54) is 6.26 Å². The van der Waals surface area contributed by atoms with Crippen molar-refractivity contribution in [3.63, 3.8) is 0 Å². The number of Topliss-reactive ketones (excluding diaryl/α,β-unsaturated/α-hetero) is 1. The van der Waals surface area contributed by atoms with Crippen molar-refractivity contribution < 1.29 is 33.0 Å². The van der Waals surface area contributed by atoms with Crippen LogP contribution in [0.25, 0.3) is 6.08 Å². The maximum atomic E-state index is 13.1. The molecule has 2 aliphatic heterocycles. The number of hydrogen-bond donors (Lipinski definition) is 0. The molecule has 2 aliphatic rings. The molecular weight excluding hydrogens is 436 g/mol. The van der Waals surface area contributed by atoms with E-state index in [1.54, 1.807) is 43.5 Å². The number of allylic oxidation sites excluding steroid dienone is 1. The van der Waals surface area contributed by atoms with Gasteiger partial charge in [0, 0.05) is 23.1 Å². The second-order valence-electron chi connectivity index (χ2n) is 8.16. The Hall–Kier alpha value is -4.26. The summed E-state index contributed by atoms with van der Waals surface area (Å²) in [4.78, 5) is 25.6. The molecule has 0 saturated carbocycles. The third kappa shape index (κ3) is 3.75. The third-order valence-corrected chi connectivity index (χ3v) is 5.66. The minimum Gasteiger partial charge on any atom is -0.493 e. The van der Waals surface area contributed by atoms with Crippen molar-refractivity contribution in [3.05, 3.63) is 89.1 Å². The minimum atomic E-state index is -0.475. The van der Waals surface area contributed by atoms with Gasteiger partial charge in [-0.1, -0.05) is 18.7 Å². The van der Waals surface area contributed by atoms with Crippen LogP contribution in [0.5, 0.6) is 23.0 Å². The molecule has 0 unspecified atom stereocenters. The van der Waals surface area contributed by atoms with E-state index < -0.39 is 5.92 Å². The Morgan fingerprint density at radius 3 is 2.74 bits per heavy atom. The zero-order valence-corrected chi connectivity index (χ0v) is 18.8. The van der Waals surface area contributed by atoms with E-state index >= 15 is 0 Å². The fourth-order valence-corrected chi connectivity index (χ4v) is 4.19. The van der Waals surface area contributed by atoms with E-state index in [1.807, 2.05) is 19.1 Å². The van der Waals surface area contributed by atoms with Gasteiger partial charge in [-0.15, -0.1) is 0 Å². The van der Waals surface area contributed by atoms with E-state index in [2.05, 4.69) is 6.58 Å². The summed E-state index contributed by atoms with van der Waals surface area (Å²) >= 11 is 0. The molecule has 2 aromatic carbocycles. The summed E-state index contributed by atoms with van der Waals surface area (Å²) in [7, 11) is 1.56. The second kappa shape index (κ2) is 8.59. The summed E-state index contributed by atoms with van der Waals surface area (Å²) in [5, 5.41) is 0. The molecule has 34 heavy (non-hydrogen) atoms. The molecule has 7 nitrogen and oxygen atoms in total. The Balaban J connectivity index is 1.64. The number of carbonyl (C=O) groups is 2. The van der Waals surface area contributed by atoms with Crippen LogP contribution in [-0.4, -0.2) is 25.5 Å². The number of esters is 1. The average Bonchev–Trinajstić information content (AvgIpc) is 3.45. The zero-order valence-electron chi connectivity index (χ0n) is 18.8. The topological polar surface area (TPSA) is 84.2 Å². The monoisotopic (exact) mass is 458 g/mol. The van der Waals surface area contributed by atoms with Crippen molar-refractivity contribution in [2.45, 2.75) is 19.3 Å². The van der Waals surface area contributed by atoms with Crippen LogP contribution in [0.4, 0.5) is 0 Å². The lowest BCUT2D eigenvalue weighted by Gasteiger charge is -2.28. The van der Waals surface area contributed by atoms with Crippen LogP contribution < -0.4 is 18.9 Å². The largest absolute Gasteiger partial charge is 0.493 e. The Morgan fingerprint density at radius 1 is 1.15 bits per heavy atom. The van der Waals surface area contributed by atoms with E-state index in [-0.39, 0.29) is 30.5 Å². The molecular formula is C27H22O7. The molecule has 0 radical (unpaired) electrons. The number of fused-ring (bicyclic) bond motifs is 3. The van der Waals surface area contributed by atoms with Gasteiger partial charge in [0.05, 0.1) is 25.4 Å². The van der Waals surface area contributed by atoms with E-state index in [9.17, 15) is 9.59 Å². The van der Waals surface area contributed by atoms with Gasteiger partial charge in [-0.3, -0.25) is 9.59 Å². The van der Waals surface area contributed by atoms with E-state index in [0.717, 1.165) is 11.1 Å². The van der Waals surface area contributed by atoms with Gasteiger partial charge in [0.25, 0.3) is 0 Å². The van der Waals surface area contributed by atoms with Crippen LogP contribution in [0.15, 0.2) is 71.1 Å². The maximum absolute atomic E-state index is 13.1. The van der Waals surface area contributed by atoms with Gasteiger partial charge in [-0.05, 0) is 42.8 Å². The van der Waals surface area contributed by atoms with Gasteiger partial charge in [-0.25, -0.2) is 0 Å². The highest BCUT2D eigenvalue weighted by Crippen LogP contribution is 2.51. The molecule has 0 bridgehead atoms. The molecule has 172 valence electrons. The summed E-state index contributed by atoms with van der Waals surface area (Å²) in [5.74, 6) is 1.25. The number of para-hydroxylation sites is 1. The molecule has 3 aromatic rings. The van der Waals surface area contributed by atoms with Gasteiger partial charge in [0.1, 0.15) is 23.9 Å². The number of ketones is 1. The highest BCUT2D eigenvalue weighted by Gasteiger charge is 2.40. The van der Waals surface area contributed by atoms with Crippen molar-refractivity contribution in [1.82, 2.24) is 0 Å². The molecule has 5 rings (SSSR count). The molecule has 0 spiro atoms. The normalized spacial score (nSPS) is 17.6. The molecule has 0 N–H and O–H groups in total. The van der Waals surface area contributed by atoms with Gasteiger partial charge >= 0.3 is 5.97 Å². The molecule has 0 fully saturated rings. The van der Waals surface area contributed by atoms with Crippen molar-refractivity contribution in [3.8, 4) is 23.0 Å². The van der Waals surface area contributed by atoms with E-state index in [0.29, 0.717) is 39.9 Å². The van der Waals surface area contributed by atoms with Crippen LogP contribution >= 0.6 is 0 Å². The van der Waals surface area contributed by atoms with Gasteiger partial charge in [0.15, 0.2) is 17.3 Å². The summed E-state index contributed by atoms with van der Waals surface area (Å²) < 4.78 is 28.5.